The molecule has 0 heterocycles. The number of hydrogen-bond donors (Lipinski definition) is 2. The summed E-state index contributed by atoms with van der Waals surface area (Å²) in [7, 11) is 1.55. The van der Waals surface area contributed by atoms with Crippen LogP contribution in [0.3, 0.4) is 0 Å². The largest absolute Gasteiger partial charge is 0.495 e. The Kier molecular flexibility index (Phi) is 2.49. The number of rotatable bonds is 2. The Hall–Kier alpha value is -1.71. The summed E-state index contributed by atoms with van der Waals surface area (Å²) in [5.41, 5.74) is 2.91. The minimum absolute atomic E-state index is 0.595. The van der Waals surface area contributed by atoms with Gasteiger partial charge in [-0.1, -0.05) is 6.07 Å². The van der Waals surface area contributed by atoms with Crippen LogP contribution in [0.1, 0.15) is 17.5 Å². The van der Waals surface area contributed by atoms with Crippen molar-refractivity contribution in [3.63, 3.8) is 0 Å². The first-order chi connectivity index (χ1) is 7.22. The van der Waals surface area contributed by atoms with Crippen LogP contribution in [0.5, 0.6) is 5.75 Å². The molecule has 2 rings (SSSR count). The van der Waals surface area contributed by atoms with Crippen molar-refractivity contribution in [2.24, 2.45) is 0 Å². The van der Waals surface area contributed by atoms with E-state index < -0.39 is 6.09 Å². The fourth-order valence-electron chi connectivity index (χ4n) is 2.06. The minimum Gasteiger partial charge on any atom is -0.495 e. The van der Waals surface area contributed by atoms with Crippen LogP contribution in [0.25, 0.3) is 0 Å². The van der Waals surface area contributed by atoms with Crippen molar-refractivity contribution in [3.05, 3.63) is 23.3 Å². The molecular formula is C11H13NO3. The van der Waals surface area contributed by atoms with Gasteiger partial charge in [-0.3, -0.25) is 5.32 Å². The molecule has 0 atom stereocenters. The monoisotopic (exact) mass is 207 g/mol. The number of hydrogen-bond acceptors (Lipinski definition) is 2. The molecular weight excluding hydrogens is 194 g/mol. The first kappa shape index (κ1) is 9.83. The van der Waals surface area contributed by atoms with E-state index in [1.807, 2.05) is 12.1 Å². The van der Waals surface area contributed by atoms with Gasteiger partial charge in [-0.2, -0.15) is 0 Å². The quantitative estimate of drug-likeness (QED) is 0.782. The number of nitrogens with one attached hydrogen (secondary N) is 1. The van der Waals surface area contributed by atoms with Gasteiger partial charge >= 0.3 is 6.09 Å². The second-order valence-corrected chi connectivity index (χ2v) is 3.56. The predicted octanol–water partition coefficient (Wildman–Crippen LogP) is 2.27. The summed E-state index contributed by atoms with van der Waals surface area (Å²) < 4.78 is 5.15. The lowest BCUT2D eigenvalue weighted by Crippen LogP contribution is -2.10. The Morgan fingerprint density at radius 3 is 2.93 bits per heavy atom. The number of ether oxygens (including phenoxy) is 1. The number of aryl methyl sites for hydroxylation is 1. The summed E-state index contributed by atoms with van der Waals surface area (Å²) in [5.74, 6) is 0.595. The van der Waals surface area contributed by atoms with E-state index in [2.05, 4.69) is 5.32 Å². The van der Waals surface area contributed by atoms with E-state index in [1.165, 1.54) is 5.56 Å². The minimum atomic E-state index is -1.05. The lowest BCUT2D eigenvalue weighted by molar-refractivity contribution is 0.209. The standard InChI is InChI=1S/C11H13NO3/c1-15-9-6-5-7-3-2-4-8(7)10(9)12-11(13)14/h5-6,12H,2-4H2,1H3,(H,13,14). The van der Waals surface area contributed by atoms with Crippen LogP contribution in [0.15, 0.2) is 12.1 Å². The van der Waals surface area contributed by atoms with Crippen molar-refractivity contribution in [2.75, 3.05) is 12.4 Å². The van der Waals surface area contributed by atoms with Gasteiger partial charge in [0.15, 0.2) is 0 Å². The molecule has 1 amide bonds. The molecule has 4 heteroatoms. The van der Waals surface area contributed by atoms with Crippen LogP contribution >= 0.6 is 0 Å². The van der Waals surface area contributed by atoms with Gasteiger partial charge < -0.3 is 9.84 Å². The second-order valence-electron chi connectivity index (χ2n) is 3.56. The molecule has 0 saturated heterocycles. The van der Waals surface area contributed by atoms with E-state index in [-0.39, 0.29) is 0 Å². The van der Waals surface area contributed by atoms with Gasteiger partial charge in [0.25, 0.3) is 0 Å². The molecule has 80 valence electrons. The van der Waals surface area contributed by atoms with Crippen molar-refractivity contribution in [1.82, 2.24) is 0 Å². The molecule has 1 aliphatic carbocycles. The summed E-state index contributed by atoms with van der Waals surface area (Å²) in [6.07, 6.45) is 1.97. The second kappa shape index (κ2) is 3.81. The Labute approximate surface area is 87.9 Å². The lowest BCUT2D eigenvalue weighted by atomic mass is 10.1. The van der Waals surface area contributed by atoms with Crippen LogP contribution in [-0.2, 0) is 12.8 Å². The third kappa shape index (κ3) is 1.75. The highest BCUT2D eigenvalue weighted by Crippen LogP contribution is 2.36. The zero-order valence-corrected chi connectivity index (χ0v) is 8.54. The topological polar surface area (TPSA) is 58.6 Å². The van der Waals surface area contributed by atoms with Crippen molar-refractivity contribution >= 4 is 11.8 Å². The molecule has 1 aromatic rings. The Morgan fingerprint density at radius 1 is 1.47 bits per heavy atom. The average molecular weight is 207 g/mol. The van der Waals surface area contributed by atoms with Crippen molar-refractivity contribution < 1.29 is 14.6 Å². The van der Waals surface area contributed by atoms with E-state index in [1.54, 1.807) is 7.11 Å². The zero-order valence-electron chi connectivity index (χ0n) is 8.54. The van der Waals surface area contributed by atoms with Gasteiger partial charge in [0.05, 0.1) is 12.8 Å². The summed E-state index contributed by atoms with van der Waals surface area (Å²) >= 11 is 0. The number of anilines is 1. The van der Waals surface area contributed by atoms with Crippen molar-refractivity contribution in [2.45, 2.75) is 19.3 Å². The number of benzene rings is 1. The van der Waals surface area contributed by atoms with Gasteiger partial charge in [-0.05, 0) is 36.5 Å². The van der Waals surface area contributed by atoms with Gasteiger partial charge in [0.2, 0.25) is 0 Å². The number of amides is 1. The number of carbonyl (C=O) groups is 1. The number of carboxylic acid groups (broad SMARTS) is 1. The normalized spacial score (nSPS) is 13.4. The van der Waals surface area contributed by atoms with Crippen LogP contribution in [-0.4, -0.2) is 18.3 Å². The molecule has 1 aliphatic rings. The van der Waals surface area contributed by atoms with Gasteiger partial charge in [0, 0.05) is 0 Å². The molecule has 4 nitrogen and oxygen atoms in total. The Morgan fingerprint density at radius 2 is 2.27 bits per heavy atom. The molecule has 0 radical (unpaired) electrons. The summed E-state index contributed by atoms with van der Waals surface area (Å²) in [6.45, 7) is 0. The van der Waals surface area contributed by atoms with Crippen LogP contribution < -0.4 is 10.1 Å². The molecule has 1 aromatic carbocycles. The van der Waals surface area contributed by atoms with E-state index >= 15 is 0 Å². The highest BCUT2D eigenvalue weighted by molar-refractivity contribution is 5.87. The summed E-state index contributed by atoms with van der Waals surface area (Å²) in [4.78, 5) is 10.7. The fourth-order valence-corrected chi connectivity index (χ4v) is 2.06. The van der Waals surface area contributed by atoms with Gasteiger partial charge in [0.1, 0.15) is 5.75 Å². The van der Waals surface area contributed by atoms with E-state index in [0.717, 1.165) is 24.8 Å². The smallest absolute Gasteiger partial charge is 0.409 e. The maximum absolute atomic E-state index is 10.7. The molecule has 0 aromatic heterocycles. The highest BCUT2D eigenvalue weighted by Gasteiger charge is 2.19. The summed E-state index contributed by atoms with van der Waals surface area (Å²) in [5, 5.41) is 11.2. The molecule has 0 bridgehead atoms. The Balaban J connectivity index is 2.47. The van der Waals surface area contributed by atoms with E-state index in [9.17, 15) is 4.79 Å². The van der Waals surface area contributed by atoms with Gasteiger partial charge in [-0.15, -0.1) is 0 Å². The van der Waals surface area contributed by atoms with Crippen LogP contribution in [0.4, 0.5) is 10.5 Å². The van der Waals surface area contributed by atoms with Crippen LogP contribution in [0, 0.1) is 0 Å². The molecule has 15 heavy (non-hydrogen) atoms. The molecule has 0 spiro atoms. The highest BCUT2D eigenvalue weighted by atomic mass is 16.5. The summed E-state index contributed by atoms with van der Waals surface area (Å²) in [6, 6.07) is 3.82. The van der Waals surface area contributed by atoms with Crippen molar-refractivity contribution in [1.29, 1.82) is 0 Å². The number of fused-ring (bicyclic) bond motifs is 1. The van der Waals surface area contributed by atoms with Crippen LogP contribution in [0.2, 0.25) is 0 Å². The maximum atomic E-state index is 10.7. The zero-order chi connectivity index (χ0) is 10.8. The SMILES string of the molecule is COc1ccc2c(c1NC(=O)O)CCC2. The first-order valence-electron chi connectivity index (χ1n) is 4.91. The van der Waals surface area contributed by atoms with E-state index in [0.29, 0.717) is 11.4 Å². The first-order valence-corrected chi connectivity index (χ1v) is 4.91. The molecule has 0 fully saturated rings. The Bertz CT molecular complexity index is 401. The van der Waals surface area contributed by atoms with Crippen molar-refractivity contribution in [3.8, 4) is 5.75 Å². The third-order valence-corrected chi connectivity index (χ3v) is 2.70. The van der Waals surface area contributed by atoms with Gasteiger partial charge in [-0.25, -0.2) is 4.79 Å². The lowest BCUT2D eigenvalue weighted by Gasteiger charge is -2.12. The maximum Gasteiger partial charge on any atom is 0.409 e. The predicted molar refractivity (Wildman–Crippen MR) is 56.7 cm³/mol. The number of methoxy groups -OCH3 is 1. The molecule has 0 unspecified atom stereocenters. The fraction of sp³-hybridized carbons (Fsp3) is 0.364. The molecule has 0 saturated carbocycles. The molecule has 0 aliphatic heterocycles. The third-order valence-electron chi connectivity index (χ3n) is 2.70. The molecule has 2 N–H and O–H groups in total. The van der Waals surface area contributed by atoms with E-state index in [4.69, 9.17) is 9.84 Å². The average Bonchev–Trinajstić information content (AvgIpc) is 2.65.